The van der Waals surface area contributed by atoms with E-state index in [1.165, 1.54) is 30.6 Å². The summed E-state index contributed by atoms with van der Waals surface area (Å²) in [6, 6.07) is 5.70. The van der Waals surface area contributed by atoms with Crippen molar-refractivity contribution in [2.45, 2.75) is 11.8 Å². The first-order chi connectivity index (χ1) is 8.39. The highest BCUT2D eigenvalue weighted by Crippen LogP contribution is 2.08. The molecule has 18 heavy (non-hydrogen) atoms. The SMILES string of the molecule is Cc1cncnc1.Nc1ccc(S(N)(=O)=O)cc1. The molecule has 0 amide bonds. The van der Waals surface area contributed by atoms with E-state index in [0.29, 0.717) is 5.69 Å². The molecule has 1 heterocycles. The van der Waals surface area contributed by atoms with Gasteiger partial charge in [-0.25, -0.2) is 23.5 Å². The van der Waals surface area contributed by atoms with Crippen LogP contribution in [0.2, 0.25) is 0 Å². The molecular formula is C11H14N4O2S. The zero-order valence-corrected chi connectivity index (χ0v) is 10.6. The number of nitrogens with zero attached hydrogens (tertiary/aromatic N) is 2. The van der Waals surface area contributed by atoms with E-state index in [2.05, 4.69) is 9.97 Å². The maximum absolute atomic E-state index is 10.7. The number of aryl methyl sites for hydroxylation is 1. The summed E-state index contributed by atoms with van der Waals surface area (Å²) in [6.07, 6.45) is 5.06. The van der Waals surface area contributed by atoms with Crippen molar-refractivity contribution in [2.75, 3.05) is 5.73 Å². The van der Waals surface area contributed by atoms with Crippen molar-refractivity contribution in [3.63, 3.8) is 0 Å². The minimum absolute atomic E-state index is 0.0756. The first kappa shape index (κ1) is 14.1. The monoisotopic (exact) mass is 266 g/mol. The molecule has 2 rings (SSSR count). The Morgan fingerprint density at radius 1 is 1.06 bits per heavy atom. The van der Waals surface area contributed by atoms with E-state index >= 15 is 0 Å². The van der Waals surface area contributed by atoms with Crippen molar-refractivity contribution in [1.29, 1.82) is 0 Å². The number of nitrogen functional groups attached to an aromatic ring is 1. The second-order valence-electron chi connectivity index (χ2n) is 3.53. The van der Waals surface area contributed by atoms with Crippen LogP contribution in [0.1, 0.15) is 5.56 Å². The molecule has 4 N–H and O–H groups in total. The Balaban J connectivity index is 0.000000199. The smallest absolute Gasteiger partial charge is 0.238 e. The molecule has 0 aliphatic carbocycles. The molecule has 0 saturated carbocycles. The summed E-state index contributed by atoms with van der Waals surface area (Å²) in [5.41, 5.74) is 6.95. The lowest BCUT2D eigenvalue weighted by molar-refractivity contribution is 0.598. The van der Waals surface area contributed by atoms with E-state index in [-0.39, 0.29) is 4.90 Å². The number of rotatable bonds is 1. The summed E-state index contributed by atoms with van der Waals surface area (Å²) in [7, 11) is -3.58. The summed E-state index contributed by atoms with van der Waals surface area (Å²) in [5.74, 6) is 0. The van der Waals surface area contributed by atoms with E-state index in [1.807, 2.05) is 6.92 Å². The molecule has 0 fully saturated rings. The van der Waals surface area contributed by atoms with Gasteiger partial charge < -0.3 is 5.73 Å². The third-order valence-electron chi connectivity index (χ3n) is 1.90. The quantitative estimate of drug-likeness (QED) is 0.738. The standard InChI is InChI=1S/C6H8N2O2S.C5H6N2/c7-5-1-3-6(4-2-5)11(8,9)10;1-5-2-6-4-7-3-5/h1-4H,7H2,(H2,8,9,10);2-4H,1H3. The Kier molecular flexibility index (Phi) is 4.75. The van der Waals surface area contributed by atoms with Gasteiger partial charge in [0.1, 0.15) is 6.33 Å². The molecule has 7 heteroatoms. The van der Waals surface area contributed by atoms with E-state index in [1.54, 1.807) is 12.4 Å². The average Bonchev–Trinajstić information content (AvgIpc) is 2.30. The van der Waals surface area contributed by atoms with Crippen molar-refractivity contribution < 1.29 is 8.42 Å². The Hall–Kier alpha value is -1.99. The van der Waals surface area contributed by atoms with Crippen LogP contribution in [0.3, 0.4) is 0 Å². The van der Waals surface area contributed by atoms with Gasteiger partial charge in [0.25, 0.3) is 0 Å². The van der Waals surface area contributed by atoms with E-state index in [0.717, 1.165) is 5.56 Å². The highest BCUT2D eigenvalue weighted by atomic mass is 32.2. The van der Waals surface area contributed by atoms with Crippen LogP contribution < -0.4 is 10.9 Å². The van der Waals surface area contributed by atoms with Gasteiger partial charge in [-0.1, -0.05) is 0 Å². The molecule has 0 radical (unpaired) electrons. The van der Waals surface area contributed by atoms with Gasteiger partial charge in [-0.3, -0.25) is 0 Å². The van der Waals surface area contributed by atoms with Crippen LogP contribution >= 0.6 is 0 Å². The molecule has 0 atom stereocenters. The first-order valence-corrected chi connectivity index (χ1v) is 6.54. The van der Waals surface area contributed by atoms with E-state index in [9.17, 15) is 8.42 Å². The Morgan fingerprint density at radius 3 is 1.89 bits per heavy atom. The predicted octanol–water partition coefficient (Wildman–Crippen LogP) is 0.701. The fourth-order valence-corrected chi connectivity index (χ4v) is 1.55. The van der Waals surface area contributed by atoms with Gasteiger partial charge in [-0.15, -0.1) is 0 Å². The molecule has 6 nitrogen and oxygen atoms in total. The van der Waals surface area contributed by atoms with Crippen LogP contribution in [0.4, 0.5) is 5.69 Å². The maximum atomic E-state index is 10.7. The lowest BCUT2D eigenvalue weighted by Crippen LogP contribution is -2.11. The third kappa shape index (κ3) is 4.89. The third-order valence-corrected chi connectivity index (χ3v) is 2.83. The molecular weight excluding hydrogens is 252 g/mol. The molecule has 1 aromatic carbocycles. The number of aromatic nitrogens is 2. The summed E-state index contributed by atoms with van der Waals surface area (Å²) in [6.45, 7) is 1.96. The maximum Gasteiger partial charge on any atom is 0.238 e. The summed E-state index contributed by atoms with van der Waals surface area (Å²) in [4.78, 5) is 7.62. The average molecular weight is 266 g/mol. The Labute approximate surface area is 106 Å². The lowest BCUT2D eigenvalue weighted by Gasteiger charge is -1.96. The zero-order chi connectivity index (χ0) is 13.6. The lowest BCUT2D eigenvalue weighted by atomic mass is 10.3. The second-order valence-corrected chi connectivity index (χ2v) is 5.09. The van der Waals surface area contributed by atoms with Crippen LogP contribution in [-0.4, -0.2) is 18.4 Å². The summed E-state index contributed by atoms with van der Waals surface area (Å²) in [5, 5.41) is 4.84. The fraction of sp³-hybridized carbons (Fsp3) is 0.0909. The summed E-state index contributed by atoms with van der Waals surface area (Å²) < 4.78 is 21.4. The minimum Gasteiger partial charge on any atom is -0.399 e. The van der Waals surface area contributed by atoms with Crippen LogP contribution in [0.15, 0.2) is 47.9 Å². The first-order valence-electron chi connectivity index (χ1n) is 4.99. The van der Waals surface area contributed by atoms with Gasteiger partial charge in [-0.05, 0) is 36.8 Å². The van der Waals surface area contributed by atoms with Crippen molar-refractivity contribution in [1.82, 2.24) is 9.97 Å². The molecule has 0 saturated heterocycles. The molecule has 0 spiro atoms. The molecule has 0 aliphatic heterocycles. The predicted molar refractivity (Wildman–Crippen MR) is 69.0 cm³/mol. The largest absolute Gasteiger partial charge is 0.399 e. The Bertz CT molecular complexity index is 582. The topological polar surface area (TPSA) is 112 Å². The highest BCUT2D eigenvalue weighted by molar-refractivity contribution is 7.89. The molecule has 1 aromatic heterocycles. The fourth-order valence-electron chi connectivity index (χ4n) is 1.03. The van der Waals surface area contributed by atoms with Gasteiger partial charge in [0.05, 0.1) is 4.90 Å². The zero-order valence-electron chi connectivity index (χ0n) is 9.82. The number of hydrogen-bond donors (Lipinski definition) is 2. The normalized spacial score (nSPS) is 10.3. The molecule has 2 aromatic rings. The van der Waals surface area contributed by atoms with Crippen LogP contribution in [-0.2, 0) is 10.0 Å². The van der Waals surface area contributed by atoms with Gasteiger partial charge in [0.2, 0.25) is 10.0 Å². The minimum atomic E-state index is -3.58. The van der Waals surface area contributed by atoms with Gasteiger partial charge in [-0.2, -0.15) is 0 Å². The molecule has 0 bridgehead atoms. The van der Waals surface area contributed by atoms with Crippen LogP contribution in [0, 0.1) is 6.92 Å². The van der Waals surface area contributed by atoms with E-state index < -0.39 is 10.0 Å². The number of anilines is 1. The number of primary sulfonamides is 1. The van der Waals surface area contributed by atoms with Crippen molar-refractivity contribution in [3.8, 4) is 0 Å². The van der Waals surface area contributed by atoms with Crippen molar-refractivity contribution >= 4 is 15.7 Å². The van der Waals surface area contributed by atoms with Gasteiger partial charge in [0, 0.05) is 18.1 Å². The van der Waals surface area contributed by atoms with Gasteiger partial charge >= 0.3 is 0 Å². The highest BCUT2D eigenvalue weighted by Gasteiger charge is 2.04. The molecule has 96 valence electrons. The van der Waals surface area contributed by atoms with Crippen LogP contribution in [0.5, 0.6) is 0 Å². The number of sulfonamides is 1. The number of benzene rings is 1. The number of hydrogen-bond acceptors (Lipinski definition) is 5. The van der Waals surface area contributed by atoms with Crippen molar-refractivity contribution in [2.24, 2.45) is 5.14 Å². The molecule has 0 unspecified atom stereocenters. The Morgan fingerprint density at radius 2 is 1.56 bits per heavy atom. The van der Waals surface area contributed by atoms with Crippen LogP contribution in [0.25, 0.3) is 0 Å². The van der Waals surface area contributed by atoms with Gasteiger partial charge in [0.15, 0.2) is 0 Å². The number of nitrogens with two attached hydrogens (primary N) is 2. The summed E-state index contributed by atoms with van der Waals surface area (Å²) >= 11 is 0. The van der Waals surface area contributed by atoms with E-state index in [4.69, 9.17) is 10.9 Å². The molecule has 0 aliphatic rings. The van der Waals surface area contributed by atoms with Crippen molar-refractivity contribution in [3.05, 3.63) is 48.5 Å². The second kappa shape index (κ2) is 6.08.